The summed E-state index contributed by atoms with van der Waals surface area (Å²) in [4.78, 5) is 26.9. The van der Waals surface area contributed by atoms with E-state index in [2.05, 4.69) is 21.4 Å². The molecular weight excluding hydrogens is 390 g/mol. The van der Waals surface area contributed by atoms with Crippen LogP contribution in [0.1, 0.15) is 0 Å². The number of ether oxygens (including phenoxy) is 1. The molecule has 4 rings (SSSR count). The highest BCUT2D eigenvalue weighted by atomic mass is 16.5. The molecule has 0 spiro atoms. The molecule has 7 heteroatoms. The maximum absolute atomic E-state index is 11.8. The normalized spacial score (nSPS) is 10.7. The first-order chi connectivity index (χ1) is 15.0. The van der Waals surface area contributed by atoms with Crippen LogP contribution in [0.2, 0.25) is 0 Å². The lowest BCUT2D eigenvalue weighted by atomic mass is 10.0. The van der Waals surface area contributed by atoms with E-state index >= 15 is 0 Å². The zero-order valence-corrected chi connectivity index (χ0v) is 17.7. The zero-order chi connectivity index (χ0) is 21.8. The van der Waals surface area contributed by atoms with Crippen molar-refractivity contribution in [3.8, 4) is 28.3 Å². The van der Waals surface area contributed by atoms with Crippen LogP contribution in [0.4, 0.5) is 5.82 Å². The summed E-state index contributed by atoms with van der Waals surface area (Å²) in [5.41, 5.74) is 3.69. The van der Waals surface area contributed by atoms with E-state index in [-0.39, 0.29) is 12.5 Å². The third-order valence-corrected chi connectivity index (χ3v) is 4.88. The minimum absolute atomic E-state index is 0.00301. The van der Waals surface area contributed by atoms with Gasteiger partial charge in [-0.3, -0.25) is 9.78 Å². The Hall–Kier alpha value is -4.00. The number of nitrogens with one attached hydrogen (secondary N) is 1. The number of hydrogen-bond acceptors (Lipinski definition) is 6. The molecule has 1 amide bonds. The van der Waals surface area contributed by atoms with E-state index in [9.17, 15) is 4.79 Å². The van der Waals surface area contributed by atoms with Gasteiger partial charge in [0.2, 0.25) is 0 Å². The molecule has 0 atom stereocenters. The predicted molar refractivity (Wildman–Crippen MR) is 122 cm³/mol. The molecule has 2 aromatic heterocycles. The Morgan fingerprint density at radius 1 is 1.00 bits per heavy atom. The lowest BCUT2D eigenvalue weighted by molar-refractivity contribution is -0.130. The molecular formula is C24H23N5O2. The summed E-state index contributed by atoms with van der Waals surface area (Å²) >= 11 is 0. The number of anilines is 1. The average Bonchev–Trinajstić information content (AvgIpc) is 2.82. The molecule has 2 aromatic carbocycles. The Bertz CT molecular complexity index is 1230. The summed E-state index contributed by atoms with van der Waals surface area (Å²) < 4.78 is 5.65. The number of pyridine rings is 1. The van der Waals surface area contributed by atoms with Crippen LogP contribution in [-0.4, -0.2) is 53.5 Å². The highest BCUT2D eigenvalue weighted by molar-refractivity contribution is 5.94. The second-order valence-electron chi connectivity index (χ2n) is 7.22. The van der Waals surface area contributed by atoms with Crippen molar-refractivity contribution >= 4 is 22.6 Å². The number of carbonyl (C=O) groups is 1. The summed E-state index contributed by atoms with van der Waals surface area (Å²) in [5.74, 6) is 1.93. The number of aromatic nitrogens is 3. The van der Waals surface area contributed by atoms with Crippen LogP contribution in [0.5, 0.6) is 5.75 Å². The summed E-state index contributed by atoms with van der Waals surface area (Å²) in [5, 5.41) is 4.09. The maximum atomic E-state index is 11.8. The van der Waals surface area contributed by atoms with E-state index in [1.54, 1.807) is 26.5 Å². The van der Waals surface area contributed by atoms with Gasteiger partial charge in [-0.25, -0.2) is 9.97 Å². The maximum Gasteiger partial charge on any atom is 0.259 e. The predicted octanol–water partition coefficient (Wildman–Crippen LogP) is 3.87. The lowest BCUT2D eigenvalue weighted by Gasteiger charge is -2.13. The summed E-state index contributed by atoms with van der Waals surface area (Å²) in [6, 6.07) is 17.5. The van der Waals surface area contributed by atoms with Crippen molar-refractivity contribution < 1.29 is 9.53 Å². The molecule has 0 fully saturated rings. The van der Waals surface area contributed by atoms with Gasteiger partial charge in [-0.05, 0) is 47.5 Å². The Morgan fingerprint density at radius 2 is 1.81 bits per heavy atom. The average molecular weight is 413 g/mol. The summed E-state index contributed by atoms with van der Waals surface area (Å²) in [7, 11) is 5.26. The fourth-order valence-corrected chi connectivity index (χ4v) is 3.16. The minimum atomic E-state index is -0.0867. The van der Waals surface area contributed by atoms with Crippen molar-refractivity contribution in [3.63, 3.8) is 0 Å². The van der Waals surface area contributed by atoms with Crippen LogP contribution >= 0.6 is 0 Å². The molecule has 0 aliphatic rings. The van der Waals surface area contributed by atoms with E-state index in [4.69, 9.17) is 9.72 Å². The molecule has 0 aliphatic heterocycles. The first-order valence-electron chi connectivity index (χ1n) is 9.88. The molecule has 0 radical (unpaired) electrons. The highest BCUT2D eigenvalue weighted by Crippen LogP contribution is 2.30. The van der Waals surface area contributed by atoms with Gasteiger partial charge in [0.1, 0.15) is 11.6 Å². The fourth-order valence-electron chi connectivity index (χ4n) is 3.16. The Kier molecular flexibility index (Phi) is 5.75. The monoisotopic (exact) mass is 413 g/mol. The van der Waals surface area contributed by atoms with Gasteiger partial charge in [0.05, 0.1) is 5.52 Å². The molecule has 156 valence electrons. The van der Waals surface area contributed by atoms with Gasteiger partial charge in [0, 0.05) is 44.5 Å². The van der Waals surface area contributed by atoms with Gasteiger partial charge >= 0.3 is 0 Å². The SMILES string of the molecule is CNc1nc(-c2cccnc2)nc2ccc(-c3cccc(OCC(=O)N(C)C)c3)cc12. The van der Waals surface area contributed by atoms with Gasteiger partial charge in [-0.1, -0.05) is 18.2 Å². The summed E-state index contributed by atoms with van der Waals surface area (Å²) in [6.07, 6.45) is 3.48. The molecule has 2 heterocycles. The van der Waals surface area contributed by atoms with Crippen LogP contribution in [0.25, 0.3) is 33.4 Å². The third-order valence-electron chi connectivity index (χ3n) is 4.88. The van der Waals surface area contributed by atoms with Crippen molar-refractivity contribution in [1.82, 2.24) is 19.9 Å². The van der Waals surface area contributed by atoms with Crippen LogP contribution in [-0.2, 0) is 4.79 Å². The van der Waals surface area contributed by atoms with E-state index in [1.165, 1.54) is 4.90 Å². The van der Waals surface area contributed by atoms with Crippen LogP contribution in [0.3, 0.4) is 0 Å². The Morgan fingerprint density at radius 3 is 2.55 bits per heavy atom. The van der Waals surface area contributed by atoms with Gasteiger partial charge in [0.15, 0.2) is 12.4 Å². The number of carbonyl (C=O) groups excluding carboxylic acids is 1. The minimum Gasteiger partial charge on any atom is -0.484 e. The van der Waals surface area contributed by atoms with Crippen LogP contribution in [0.15, 0.2) is 67.0 Å². The van der Waals surface area contributed by atoms with Crippen molar-refractivity contribution in [3.05, 3.63) is 67.0 Å². The van der Waals surface area contributed by atoms with Gasteiger partial charge in [-0.15, -0.1) is 0 Å². The molecule has 0 bridgehead atoms. The van der Waals surface area contributed by atoms with Crippen molar-refractivity contribution in [2.24, 2.45) is 0 Å². The number of amides is 1. The Labute approximate surface area is 180 Å². The molecule has 1 N–H and O–H groups in total. The molecule has 0 aliphatic carbocycles. The fraction of sp³-hybridized carbons (Fsp3) is 0.167. The lowest BCUT2D eigenvalue weighted by Crippen LogP contribution is -2.27. The second-order valence-corrected chi connectivity index (χ2v) is 7.22. The molecule has 31 heavy (non-hydrogen) atoms. The first kappa shape index (κ1) is 20.3. The first-order valence-corrected chi connectivity index (χ1v) is 9.88. The van der Waals surface area contributed by atoms with Gasteiger partial charge in [-0.2, -0.15) is 0 Å². The van der Waals surface area contributed by atoms with Crippen LogP contribution < -0.4 is 10.1 Å². The van der Waals surface area contributed by atoms with Crippen molar-refractivity contribution in [2.75, 3.05) is 33.1 Å². The third kappa shape index (κ3) is 4.45. The summed E-state index contributed by atoms with van der Waals surface area (Å²) in [6.45, 7) is 0.00301. The van der Waals surface area contributed by atoms with E-state index in [0.717, 1.165) is 33.4 Å². The van der Waals surface area contributed by atoms with Gasteiger partial charge in [0.25, 0.3) is 5.91 Å². The van der Waals surface area contributed by atoms with E-state index in [0.29, 0.717) is 11.6 Å². The van der Waals surface area contributed by atoms with Gasteiger partial charge < -0.3 is 15.0 Å². The number of benzene rings is 2. The molecule has 4 aromatic rings. The second kappa shape index (κ2) is 8.79. The number of rotatable bonds is 6. The number of hydrogen-bond donors (Lipinski definition) is 1. The zero-order valence-electron chi connectivity index (χ0n) is 17.7. The molecule has 0 unspecified atom stereocenters. The Balaban J connectivity index is 1.68. The molecule has 0 saturated carbocycles. The quantitative estimate of drug-likeness (QED) is 0.517. The molecule has 7 nitrogen and oxygen atoms in total. The van der Waals surface area contributed by atoms with Crippen molar-refractivity contribution in [2.45, 2.75) is 0 Å². The topological polar surface area (TPSA) is 80.2 Å². The molecule has 0 saturated heterocycles. The number of likely N-dealkylation sites (N-methyl/N-ethyl adjacent to an activating group) is 1. The van der Waals surface area contributed by atoms with E-state index < -0.39 is 0 Å². The van der Waals surface area contributed by atoms with Crippen molar-refractivity contribution in [1.29, 1.82) is 0 Å². The number of fused-ring (bicyclic) bond motifs is 1. The van der Waals surface area contributed by atoms with E-state index in [1.807, 2.05) is 55.6 Å². The largest absolute Gasteiger partial charge is 0.484 e. The standard InChI is InChI=1S/C24H23N5O2/c1-25-24-20-13-17(16-6-4-8-19(12-16)31-15-22(30)29(2)3)9-10-21(20)27-23(28-24)18-7-5-11-26-14-18/h4-14H,15H2,1-3H3,(H,25,27,28). The smallest absolute Gasteiger partial charge is 0.259 e. The number of nitrogens with zero attached hydrogens (tertiary/aromatic N) is 4. The highest BCUT2D eigenvalue weighted by Gasteiger charge is 2.11. The van der Waals surface area contributed by atoms with Crippen LogP contribution in [0, 0.1) is 0 Å².